The van der Waals surface area contributed by atoms with Crippen LogP contribution >= 0.6 is 11.8 Å². The summed E-state index contributed by atoms with van der Waals surface area (Å²) in [6.45, 7) is 3.02. The number of amides is 1. The van der Waals surface area contributed by atoms with Crippen LogP contribution in [0.2, 0.25) is 0 Å². The molecule has 0 aliphatic carbocycles. The number of benzene rings is 2. The molecular formula is C18H20N2O5S2. The highest BCUT2D eigenvalue weighted by Gasteiger charge is 2.17. The van der Waals surface area contributed by atoms with E-state index in [0.717, 1.165) is 11.3 Å². The quantitative estimate of drug-likeness (QED) is 0.737. The minimum Gasteiger partial charge on any atom is -0.490 e. The number of anilines is 1. The normalized spacial score (nSPS) is 14.9. The van der Waals surface area contributed by atoms with E-state index < -0.39 is 10.0 Å². The van der Waals surface area contributed by atoms with Crippen molar-refractivity contribution >= 4 is 33.4 Å². The van der Waals surface area contributed by atoms with Crippen LogP contribution in [0.15, 0.2) is 52.3 Å². The Balaban J connectivity index is 1.63. The van der Waals surface area contributed by atoms with Crippen molar-refractivity contribution in [3.8, 4) is 11.5 Å². The number of ether oxygens (including phenoxy) is 2. The Kier molecular flexibility index (Phi) is 5.93. The number of rotatable bonds is 5. The Labute approximate surface area is 162 Å². The number of nitrogens with two attached hydrogens (primary N) is 1. The summed E-state index contributed by atoms with van der Waals surface area (Å²) >= 11 is 1.39. The number of fused-ring (bicyclic) bond motifs is 1. The van der Waals surface area contributed by atoms with Crippen LogP contribution in [0.5, 0.6) is 11.5 Å². The van der Waals surface area contributed by atoms with Crippen LogP contribution in [0.4, 0.5) is 5.69 Å². The van der Waals surface area contributed by atoms with Crippen LogP contribution in [0.25, 0.3) is 0 Å². The monoisotopic (exact) mass is 408 g/mol. The maximum Gasteiger partial charge on any atom is 0.238 e. The van der Waals surface area contributed by atoms with Crippen molar-refractivity contribution in [3.05, 3.63) is 42.5 Å². The molecule has 1 atom stereocenters. The average molecular weight is 409 g/mol. The van der Waals surface area contributed by atoms with Crippen LogP contribution in [0, 0.1) is 0 Å². The molecule has 2 aromatic carbocycles. The Morgan fingerprint density at radius 1 is 1.11 bits per heavy atom. The molecule has 0 fully saturated rings. The number of nitrogens with one attached hydrogen (secondary N) is 1. The van der Waals surface area contributed by atoms with E-state index in [4.69, 9.17) is 14.6 Å². The average Bonchev–Trinajstić information content (AvgIpc) is 2.86. The molecule has 0 saturated heterocycles. The van der Waals surface area contributed by atoms with Gasteiger partial charge in [0, 0.05) is 17.0 Å². The van der Waals surface area contributed by atoms with Gasteiger partial charge < -0.3 is 14.8 Å². The SMILES string of the molecule is C[C@@H](Sc1ccc2c(c1)OCCCO2)C(=O)Nc1ccc(S(N)(=O)=O)cc1. The molecule has 1 aliphatic heterocycles. The Hall–Kier alpha value is -2.23. The molecule has 1 amide bonds. The molecule has 27 heavy (non-hydrogen) atoms. The van der Waals surface area contributed by atoms with Gasteiger partial charge in [0.25, 0.3) is 0 Å². The number of primary sulfonamides is 1. The Morgan fingerprint density at radius 2 is 1.78 bits per heavy atom. The predicted octanol–water partition coefficient (Wildman–Crippen LogP) is 2.61. The van der Waals surface area contributed by atoms with Crippen LogP contribution in [0.3, 0.4) is 0 Å². The van der Waals surface area contributed by atoms with E-state index in [-0.39, 0.29) is 16.1 Å². The van der Waals surface area contributed by atoms with Crippen LogP contribution in [-0.2, 0) is 14.8 Å². The van der Waals surface area contributed by atoms with Crippen LogP contribution < -0.4 is 19.9 Å². The van der Waals surface area contributed by atoms with Gasteiger partial charge >= 0.3 is 0 Å². The van der Waals surface area contributed by atoms with Gasteiger partial charge in [0.1, 0.15) is 0 Å². The van der Waals surface area contributed by atoms with E-state index in [1.807, 2.05) is 18.2 Å². The van der Waals surface area contributed by atoms with Gasteiger partial charge in [-0.3, -0.25) is 4.79 Å². The molecule has 0 unspecified atom stereocenters. The summed E-state index contributed by atoms with van der Waals surface area (Å²) in [5.74, 6) is 1.20. The minimum atomic E-state index is -3.75. The predicted molar refractivity (Wildman–Crippen MR) is 104 cm³/mol. The first-order chi connectivity index (χ1) is 12.8. The van der Waals surface area contributed by atoms with Gasteiger partial charge in [-0.1, -0.05) is 0 Å². The highest BCUT2D eigenvalue weighted by molar-refractivity contribution is 8.00. The van der Waals surface area contributed by atoms with Crippen molar-refractivity contribution in [1.29, 1.82) is 0 Å². The maximum atomic E-state index is 12.4. The highest BCUT2D eigenvalue weighted by atomic mass is 32.2. The highest BCUT2D eigenvalue weighted by Crippen LogP contribution is 2.35. The lowest BCUT2D eigenvalue weighted by molar-refractivity contribution is -0.115. The molecule has 144 valence electrons. The zero-order valence-corrected chi connectivity index (χ0v) is 16.3. The van der Waals surface area contributed by atoms with Crippen molar-refractivity contribution < 1.29 is 22.7 Å². The van der Waals surface area contributed by atoms with E-state index >= 15 is 0 Å². The van der Waals surface area contributed by atoms with Gasteiger partial charge in [-0.05, 0) is 49.4 Å². The largest absolute Gasteiger partial charge is 0.490 e. The second kappa shape index (κ2) is 8.20. The fraction of sp³-hybridized carbons (Fsp3) is 0.278. The summed E-state index contributed by atoms with van der Waals surface area (Å²) in [5.41, 5.74) is 0.499. The van der Waals surface area contributed by atoms with E-state index in [9.17, 15) is 13.2 Å². The van der Waals surface area contributed by atoms with Gasteiger partial charge in [-0.2, -0.15) is 0 Å². The lowest BCUT2D eigenvalue weighted by atomic mass is 10.3. The summed E-state index contributed by atoms with van der Waals surface area (Å²) in [4.78, 5) is 13.3. The zero-order chi connectivity index (χ0) is 19.4. The third kappa shape index (κ3) is 5.15. The first-order valence-corrected chi connectivity index (χ1v) is 10.8. The van der Waals surface area contributed by atoms with E-state index in [1.54, 1.807) is 6.92 Å². The number of hydrogen-bond acceptors (Lipinski definition) is 6. The standard InChI is InChI=1S/C18H20N2O5S2/c1-12(18(21)20-13-3-6-15(7-4-13)27(19,22)23)26-14-5-8-16-17(11-14)25-10-2-9-24-16/h3-8,11-12H,2,9-10H2,1H3,(H,20,21)(H2,19,22,23)/t12-/m1/s1. The van der Waals surface area contributed by atoms with Gasteiger partial charge in [-0.25, -0.2) is 13.6 Å². The Morgan fingerprint density at radius 3 is 2.44 bits per heavy atom. The number of hydrogen-bond donors (Lipinski definition) is 2. The fourth-order valence-electron chi connectivity index (χ4n) is 2.45. The third-order valence-corrected chi connectivity index (χ3v) is 5.87. The molecule has 3 N–H and O–H groups in total. The molecule has 1 heterocycles. The molecule has 7 nitrogen and oxygen atoms in total. The van der Waals surface area contributed by atoms with E-state index in [2.05, 4.69) is 5.32 Å². The molecule has 0 bridgehead atoms. The van der Waals surface area contributed by atoms with Gasteiger partial charge in [0.2, 0.25) is 15.9 Å². The van der Waals surface area contributed by atoms with Gasteiger partial charge in [0.05, 0.1) is 23.4 Å². The maximum absolute atomic E-state index is 12.4. The smallest absolute Gasteiger partial charge is 0.238 e. The van der Waals surface area contributed by atoms with E-state index in [0.29, 0.717) is 30.4 Å². The first kappa shape index (κ1) is 19.5. The number of thioether (sulfide) groups is 1. The van der Waals surface area contributed by atoms with Crippen molar-refractivity contribution in [3.63, 3.8) is 0 Å². The minimum absolute atomic E-state index is 0.00452. The molecule has 2 aromatic rings. The third-order valence-electron chi connectivity index (χ3n) is 3.85. The van der Waals surface area contributed by atoms with Crippen molar-refractivity contribution in [2.75, 3.05) is 18.5 Å². The van der Waals surface area contributed by atoms with Crippen molar-refractivity contribution in [2.24, 2.45) is 5.14 Å². The Bertz CT molecular complexity index is 929. The van der Waals surface area contributed by atoms with Crippen LogP contribution in [-0.4, -0.2) is 32.8 Å². The summed E-state index contributed by atoms with van der Waals surface area (Å²) in [6.07, 6.45) is 0.834. The number of carbonyl (C=O) groups is 1. The summed E-state index contributed by atoms with van der Waals surface area (Å²) in [7, 11) is -3.75. The molecule has 9 heteroatoms. The van der Waals surface area contributed by atoms with E-state index in [1.165, 1.54) is 36.0 Å². The molecule has 0 spiro atoms. The zero-order valence-electron chi connectivity index (χ0n) is 14.7. The molecule has 1 aliphatic rings. The van der Waals surface area contributed by atoms with Gasteiger partial charge in [0.15, 0.2) is 11.5 Å². The molecule has 0 aromatic heterocycles. The fourth-order valence-corrected chi connectivity index (χ4v) is 3.86. The van der Waals surface area contributed by atoms with Crippen molar-refractivity contribution in [2.45, 2.75) is 28.4 Å². The van der Waals surface area contributed by atoms with Crippen LogP contribution in [0.1, 0.15) is 13.3 Å². The second-order valence-corrected chi connectivity index (χ2v) is 8.95. The topological polar surface area (TPSA) is 108 Å². The van der Waals surface area contributed by atoms with Gasteiger partial charge in [-0.15, -0.1) is 11.8 Å². The lowest BCUT2D eigenvalue weighted by Gasteiger charge is -2.14. The molecule has 0 saturated carbocycles. The summed E-state index contributed by atoms with van der Waals surface area (Å²) in [5, 5.41) is 7.46. The molecule has 0 radical (unpaired) electrons. The number of carbonyl (C=O) groups excluding carboxylic acids is 1. The number of sulfonamides is 1. The molecular weight excluding hydrogens is 388 g/mol. The second-order valence-electron chi connectivity index (χ2n) is 5.98. The van der Waals surface area contributed by atoms with Crippen molar-refractivity contribution in [1.82, 2.24) is 0 Å². The lowest BCUT2D eigenvalue weighted by Crippen LogP contribution is -2.22. The molecule has 3 rings (SSSR count). The summed E-state index contributed by atoms with van der Waals surface area (Å²) < 4.78 is 33.8. The summed E-state index contributed by atoms with van der Waals surface area (Å²) in [6, 6.07) is 11.3. The first-order valence-electron chi connectivity index (χ1n) is 8.33.